The van der Waals surface area contributed by atoms with E-state index in [0.717, 1.165) is 46.7 Å². The molecule has 0 bridgehead atoms. The van der Waals surface area contributed by atoms with Gasteiger partial charge in [-0.3, -0.25) is 9.89 Å². The van der Waals surface area contributed by atoms with Crippen LogP contribution in [0.1, 0.15) is 29.0 Å². The van der Waals surface area contributed by atoms with Crippen LogP contribution in [0.15, 0.2) is 121 Å². The minimum absolute atomic E-state index is 0.0387. The first-order valence-electron chi connectivity index (χ1n) is 16.5. The highest BCUT2D eigenvalue weighted by molar-refractivity contribution is 5.98. The average molecular weight is 660 g/mol. The summed E-state index contributed by atoms with van der Waals surface area (Å²) in [6.07, 6.45) is 2.29. The van der Waals surface area contributed by atoms with Gasteiger partial charge in [0.2, 0.25) is 5.91 Å². The molecule has 0 radical (unpaired) electrons. The van der Waals surface area contributed by atoms with Crippen LogP contribution >= 0.6 is 0 Å². The molecule has 0 aliphatic carbocycles. The van der Waals surface area contributed by atoms with E-state index >= 15 is 0 Å². The summed E-state index contributed by atoms with van der Waals surface area (Å²) in [5.41, 5.74) is 5.28. The van der Waals surface area contributed by atoms with E-state index in [-0.39, 0.29) is 18.1 Å². The third kappa shape index (κ3) is 8.72. The topological polar surface area (TPSA) is 127 Å². The van der Waals surface area contributed by atoms with Crippen molar-refractivity contribution in [1.29, 1.82) is 0 Å². The number of nitrogens with one attached hydrogen (secondary N) is 4. The number of nitrogens with zero attached hydrogens (tertiary/aromatic N) is 1. The third-order valence-electron chi connectivity index (χ3n) is 8.63. The number of carbonyl (C=O) groups is 2. The van der Waals surface area contributed by atoms with Gasteiger partial charge in [0.15, 0.2) is 0 Å². The molecule has 2 amide bonds. The summed E-state index contributed by atoms with van der Waals surface area (Å²) in [6, 6.07) is 35.9. The fourth-order valence-corrected chi connectivity index (χ4v) is 6.22. The van der Waals surface area contributed by atoms with Crippen LogP contribution in [-0.4, -0.2) is 67.3 Å². The highest BCUT2D eigenvalue weighted by Crippen LogP contribution is 2.31. The molecule has 1 saturated heterocycles. The van der Waals surface area contributed by atoms with E-state index in [1.54, 1.807) is 6.20 Å². The maximum absolute atomic E-state index is 14.1. The first-order chi connectivity index (χ1) is 24.1. The zero-order valence-electron chi connectivity index (χ0n) is 27.4. The molecule has 1 aromatic heterocycles. The Morgan fingerprint density at radius 3 is 2.24 bits per heavy atom. The summed E-state index contributed by atoms with van der Waals surface area (Å²) < 4.78 is 17.6. The Hall–Kier alpha value is -5.45. The number of ether oxygens (including phenoxy) is 3. The number of carbonyl (C=O) groups excluding carboxylic acids is 2. The van der Waals surface area contributed by atoms with Crippen LogP contribution in [0.3, 0.4) is 0 Å². The Morgan fingerprint density at radius 1 is 0.857 bits per heavy atom. The lowest BCUT2D eigenvalue weighted by molar-refractivity contribution is -0.118. The van der Waals surface area contributed by atoms with Gasteiger partial charge in [0.1, 0.15) is 24.5 Å². The van der Waals surface area contributed by atoms with Gasteiger partial charge in [0.05, 0.1) is 18.9 Å². The second-order valence-electron chi connectivity index (χ2n) is 11.9. The van der Waals surface area contributed by atoms with Gasteiger partial charge in [0, 0.05) is 36.5 Å². The van der Waals surface area contributed by atoms with Gasteiger partial charge in [-0.2, -0.15) is 5.10 Å². The molecule has 1 fully saturated rings. The zero-order chi connectivity index (χ0) is 33.8. The molecule has 0 saturated carbocycles. The number of rotatable bonds is 13. The maximum Gasteiger partial charge on any atom is 0.407 e. The Kier molecular flexibility index (Phi) is 11.3. The number of alkyl carbamates (subject to hydrolysis) is 1. The number of benzene rings is 4. The Labute approximate surface area is 286 Å². The van der Waals surface area contributed by atoms with Crippen molar-refractivity contribution in [1.82, 2.24) is 20.8 Å². The van der Waals surface area contributed by atoms with Crippen LogP contribution in [0.5, 0.6) is 5.75 Å². The monoisotopic (exact) mass is 659 g/mol. The van der Waals surface area contributed by atoms with Gasteiger partial charge >= 0.3 is 6.09 Å². The predicted octanol–water partition coefficient (Wildman–Crippen LogP) is 5.94. The number of anilines is 1. The summed E-state index contributed by atoms with van der Waals surface area (Å²) in [5, 5.41) is 16.5. The van der Waals surface area contributed by atoms with E-state index in [0.29, 0.717) is 25.3 Å². The summed E-state index contributed by atoms with van der Waals surface area (Å²) >= 11 is 0. The molecule has 1 aliphatic heterocycles. The third-order valence-corrected chi connectivity index (χ3v) is 8.63. The van der Waals surface area contributed by atoms with Gasteiger partial charge in [-0.15, -0.1) is 0 Å². The Bertz CT molecular complexity index is 1740. The van der Waals surface area contributed by atoms with E-state index < -0.39 is 18.1 Å². The summed E-state index contributed by atoms with van der Waals surface area (Å²) in [4.78, 5) is 26.7. The van der Waals surface area contributed by atoms with Gasteiger partial charge in [-0.1, -0.05) is 91.0 Å². The molecule has 10 heteroatoms. The zero-order valence-corrected chi connectivity index (χ0v) is 27.4. The smallest absolute Gasteiger partial charge is 0.407 e. The van der Waals surface area contributed by atoms with Crippen LogP contribution in [0.25, 0.3) is 11.3 Å². The number of hydrogen-bond acceptors (Lipinski definition) is 7. The van der Waals surface area contributed by atoms with Gasteiger partial charge in [0.25, 0.3) is 0 Å². The summed E-state index contributed by atoms with van der Waals surface area (Å²) in [6.45, 7) is 1.81. The number of para-hydroxylation sites is 2. The second-order valence-corrected chi connectivity index (χ2v) is 11.9. The van der Waals surface area contributed by atoms with Gasteiger partial charge in [-0.05, 0) is 53.8 Å². The van der Waals surface area contributed by atoms with Crippen molar-refractivity contribution in [3.8, 4) is 17.0 Å². The quantitative estimate of drug-likeness (QED) is 0.123. The molecule has 3 atom stereocenters. The molecule has 0 spiro atoms. The van der Waals surface area contributed by atoms with Crippen LogP contribution in [0.4, 0.5) is 10.5 Å². The number of aryl methyl sites for hydroxylation is 1. The molecule has 4 N–H and O–H groups in total. The number of amides is 2. The van der Waals surface area contributed by atoms with Crippen molar-refractivity contribution in [3.63, 3.8) is 0 Å². The van der Waals surface area contributed by atoms with Crippen molar-refractivity contribution >= 4 is 17.7 Å². The number of H-pyrrole nitrogens is 1. The Balaban J connectivity index is 1.12. The minimum atomic E-state index is -0.949. The van der Waals surface area contributed by atoms with E-state index in [1.807, 2.05) is 115 Å². The van der Waals surface area contributed by atoms with Crippen molar-refractivity contribution < 1.29 is 23.8 Å². The molecule has 6 rings (SSSR count). The van der Waals surface area contributed by atoms with Crippen molar-refractivity contribution in [2.45, 2.75) is 37.0 Å². The van der Waals surface area contributed by atoms with E-state index in [4.69, 9.17) is 14.2 Å². The van der Waals surface area contributed by atoms with Gasteiger partial charge in [-0.25, -0.2) is 4.79 Å². The SMILES string of the molecule is COC(=O)NC(C(=O)Nc1ccccc1CCC1CNCC(COc2ccccc2-c2ccn[nH]2)O1)C(c1ccccc1)c1ccccc1. The average Bonchev–Trinajstić information content (AvgIpc) is 3.70. The fraction of sp³-hybridized carbons (Fsp3) is 0.256. The molecule has 1 aliphatic rings. The molecule has 5 aromatic rings. The van der Waals surface area contributed by atoms with Crippen LogP contribution in [-0.2, 0) is 20.7 Å². The van der Waals surface area contributed by atoms with Crippen LogP contribution < -0.4 is 20.7 Å². The first kappa shape index (κ1) is 33.5. The summed E-state index contributed by atoms with van der Waals surface area (Å²) in [5.74, 6) is -0.0383. The number of aromatic nitrogens is 2. The molecular formula is C39H41N5O5. The summed E-state index contributed by atoms with van der Waals surface area (Å²) in [7, 11) is 1.29. The number of hydrogen-bond donors (Lipinski definition) is 4. The van der Waals surface area contributed by atoms with E-state index in [2.05, 4.69) is 26.1 Å². The number of aromatic amines is 1. The highest BCUT2D eigenvalue weighted by atomic mass is 16.5. The second kappa shape index (κ2) is 16.6. The van der Waals surface area contributed by atoms with Gasteiger partial charge < -0.3 is 30.2 Å². The molecular weight excluding hydrogens is 618 g/mol. The van der Waals surface area contributed by atoms with E-state index in [9.17, 15) is 9.59 Å². The number of morpholine rings is 1. The standard InChI is InChI=1S/C39H41N5O5/c1-47-39(46)43-37(36(28-13-4-2-5-14-28)29-15-6-3-7-16-29)38(45)42-33-18-10-8-12-27(33)20-21-30-24-40-25-31(49-30)26-48-35-19-11-9-17-32(35)34-22-23-41-44-34/h2-19,22-23,30-31,36-37,40H,20-21,24-26H2,1H3,(H,41,44)(H,42,45)(H,43,46). The number of methoxy groups -OCH3 is 1. The highest BCUT2D eigenvalue weighted by Gasteiger charge is 2.33. The molecule has 10 nitrogen and oxygen atoms in total. The normalized spacial score (nSPS) is 16.4. The van der Waals surface area contributed by atoms with Crippen molar-refractivity contribution in [3.05, 3.63) is 138 Å². The lowest BCUT2D eigenvalue weighted by atomic mass is 9.84. The minimum Gasteiger partial charge on any atom is -0.490 e. The molecule has 2 heterocycles. The molecule has 252 valence electrons. The first-order valence-corrected chi connectivity index (χ1v) is 16.5. The Morgan fingerprint density at radius 2 is 1.53 bits per heavy atom. The molecule has 4 aromatic carbocycles. The molecule has 49 heavy (non-hydrogen) atoms. The predicted molar refractivity (Wildman–Crippen MR) is 188 cm³/mol. The van der Waals surface area contributed by atoms with Crippen molar-refractivity contribution in [2.24, 2.45) is 0 Å². The van der Waals surface area contributed by atoms with Crippen LogP contribution in [0.2, 0.25) is 0 Å². The van der Waals surface area contributed by atoms with E-state index in [1.165, 1.54) is 7.11 Å². The van der Waals surface area contributed by atoms with Crippen LogP contribution in [0, 0.1) is 0 Å². The fourth-order valence-electron chi connectivity index (χ4n) is 6.22. The lowest BCUT2D eigenvalue weighted by Crippen LogP contribution is -2.48. The van der Waals surface area contributed by atoms with Crippen molar-refractivity contribution in [2.75, 3.05) is 32.1 Å². The lowest BCUT2D eigenvalue weighted by Gasteiger charge is -2.31. The maximum atomic E-state index is 14.1. The largest absolute Gasteiger partial charge is 0.490 e. The molecule has 3 unspecified atom stereocenters.